The smallest absolute Gasteiger partial charge is 0.0992 e. The maximum atomic E-state index is 8.78. The van der Waals surface area contributed by atoms with Crippen LogP contribution in [0.1, 0.15) is 31.2 Å². The molecule has 0 unspecified atom stereocenters. The molecule has 0 bridgehead atoms. The van der Waals surface area contributed by atoms with E-state index in [0.717, 1.165) is 23.3 Å². The third kappa shape index (κ3) is 3.72. The normalized spacial score (nSPS) is 15.6. The minimum Gasteiger partial charge on any atom is -0.382 e. The van der Waals surface area contributed by atoms with Crippen molar-refractivity contribution >= 4 is 21.6 Å². The van der Waals surface area contributed by atoms with Crippen LogP contribution in [0.15, 0.2) is 22.7 Å². The summed E-state index contributed by atoms with van der Waals surface area (Å²) < 4.78 is 6.70. The lowest BCUT2D eigenvalue weighted by Crippen LogP contribution is -2.15. The summed E-state index contributed by atoms with van der Waals surface area (Å²) in [6.07, 6.45) is 5.50. The molecule has 1 aliphatic carbocycles. The maximum absolute atomic E-state index is 8.78. The number of nitrogens with zero attached hydrogens (tertiary/aromatic N) is 1. The van der Waals surface area contributed by atoms with Crippen molar-refractivity contribution in [1.29, 1.82) is 5.26 Å². The van der Waals surface area contributed by atoms with Gasteiger partial charge in [-0.3, -0.25) is 0 Å². The van der Waals surface area contributed by atoms with Gasteiger partial charge in [-0.1, -0.05) is 12.8 Å². The van der Waals surface area contributed by atoms with E-state index in [-0.39, 0.29) is 0 Å². The molecular formula is C14H17BrN2O. The van der Waals surface area contributed by atoms with Crippen LogP contribution in [-0.4, -0.2) is 19.3 Å². The van der Waals surface area contributed by atoms with Crippen molar-refractivity contribution < 1.29 is 4.74 Å². The molecule has 1 aromatic carbocycles. The Kier molecular flexibility index (Phi) is 5.03. The highest BCUT2D eigenvalue weighted by molar-refractivity contribution is 9.10. The Morgan fingerprint density at radius 1 is 1.39 bits per heavy atom. The maximum Gasteiger partial charge on any atom is 0.0992 e. The van der Waals surface area contributed by atoms with Crippen LogP contribution < -0.4 is 5.32 Å². The lowest BCUT2D eigenvalue weighted by atomic mass is 10.2. The molecule has 96 valence electrons. The van der Waals surface area contributed by atoms with E-state index in [1.165, 1.54) is 25.7 Å². The van der Waals surface area contributed by atoms with Crippen LogP contribution in [0.5, 0.6) is 0 Å². The molecule has 18 heavy (non-hydrogen) atoms. The Labute approximate surface area is 116 Å². The van der Waals surface area contributed by atoms with Crippen LogP contribution in [0.25, 0.3) is 0 Å². The molecule has 0 atom stereocenters. The zero-order valence-corrected chi connectivity index (χ0v) is 11.9. The van der Waals surface area contributed by atoms with E-state index in [1.54, 1.807) is 0 Å². The summed E-state index contributed by atoms with van der Waals surface area (Å²) in [4.78, 5) is 0. The first-order chi connectivity index (χ1) is 8.79. The van der Waals surface area contributed by atoms with Gasteiger partial charge in [0.15, 0.2) is 0 Å². The van der Waals surface area contributed by atoms with Crippen molar-refractivity contribution in [2.45, 2.75) is 31.8 Å². The van der Waals surface area contributed by atoms with Crippen molar-refractivity contribution in [3.8, 4) is 6.07 Å². The lowest BCUT2D eigenvalue weighted by molar-refractivity contribution is 0.0659. The van der Waals surface area contributed by atoms with Crippen molar-refractivity contribution in [3.63, 3.8) is 0 Å². The molecule has 0 heterocycles. The fraction of sp³-hybridized carbons (Fsp3) is 0.500. The summed E-state index contributed by atoms with van der Waals surface area (Å²) >= 11 is 3.45. The van der Waals surface area contributed by atoms with Crippen molar-refractivity contribution in [2.24, 2.45) is 0 Å². The number of benzene rings is 1. The Bertz CT molecular complexity index is 436. The van der Waals surface area contributed by atoms with E-state index >= 15 is 0 Å². The Morgan fingerprint density at radius 2 is 2.17 bits per heavy atom. The van der Waals surface area contributed by atoms with Gasteiger partial charge in [0.05, 0.1) is 24.3 Å². The van der Waals surface area contributed by atoms with Gasteiger partial charge in [0.2, 0.25) is 0 Å². The van der Waals surface area contributed by atoms with Crippen LogP contribution in [0, 0.1) is 11.3 Å². The number of nitriles is 1. The molecule has 4 heteroatoms. The molecule has 3 nitrogen and oxygen atoms in total. The van der Waals surface area contributed by atoms with Crippen molar-refractivity contribution in [3.05, 3.63) is 28.2 Å². The number of nitrogens with one attached hydrogen (secondary N) is 1. The first-order valence-corrected chi connectivity index (χ1v) is 7.14. The number of halogens is 1. The second-order valence-electron chi connectivity index (χ2n) is 4.51. The molecule has 0 amide bonds. The predicted molar refractivity (Wildman–Crippen MR) is 75.6 cm³/mol. The number of hydrogen-bond donors (Lipinski definition) is 1. The third-order valence-electron chi connectivity index (χ3n) is 3.17. The summed E-state index contributed by atoms with van der Waals surface area (Å²) in [7, 11) is 0. The molecule has 0 aliphatic heterocycles. The molecule has 0 radical (unpaired) electrons. The molecule has 0 aromatic heterocycles. The minimum absolute atomic E-state index is 0.469. The first-order valence-electron chi connectivity index (χ1n) is 6.35. The van der Waals surface area contributed by atoms with Gasteiger partial charge < -0.3 is 10.1 Å². The molecule has 1 N–H and O–H groups in total. The zero-order chi connectivity index (χ0) is 12.8. The lowest BCUT2D eigenvalue weighted by Gasteiger charge is -2.13. The average Bonchev–Trinajstić information content (AvgIpc) is 2.89. The number of hydrogen-bond acceptors (Lipinski definition) is 3. The Hall–Kier alpha value is -1.05. The second kappa shape index (κ2) is 6.77. The highest BCUT2D eigenvalue weighted by Gasteiger charge is 2.14. The minimum atomic E-state index is 0.469. The molecule has 0 saturated heterocycles. The van der Waals surface area contributed by atoms with E-state index < -0.39 is 0 Å². The van der Waals surface area contributed by atoms with Gasteiger partial charge in [-0.2, -0.15) is 5.26 Å². The van der Waals surface area contributed by atoms with Crippen LogP contribution in [0.2, 0.25) is 0 Å². The van der Waals surface area contributed by atoms with Gasteiger partial charge >= 0.3 is 0 Å². The van der Waals surface area contributed by atoms with Crippen molar-refractivity contribution in [2.75, 3.05) is 18.5 Å². The van der Waals surface area contributed by atoms with Gasteiger partial charge in [-0.05, 0) is 47.0 Å². The second-order valence-corrected chi connectivity index (χ2v) is 5.36. The van der Waals surface area contributed by atoms with Gasteiger partial charge in [-0.15, -0.1) is 0 Å². The topological polar surface area (TPSA) is 45.0 Å². The Balaban J connectivity index is 1.74. The quantitative estimate of drug-likeness (QED) is 0.844. The molecular weight excluding hydrogens is 292 g/mol. The van der Waals surface area contributed by atoms with Gasteiger partial charge in [-0.25, -0.2) is 0 Å². The van der Waals surface area contributed by atoms with E-state index in [4.69, 9.17) is 10.00 Å². The molecule has 1 aromatic rings. The molecule has 2 rings (SSSR count). The standard InChI is InChI=1S/C14H17BrN2O/c15-13-9-11(10-16)5-6-14(13)17-7-8-18-12-3-1-2-4-12/h5-6,9,12,17H,1-4,7-8H2. The summed E-state index contributed by atoms with van der Waals surface area (Å²) in [5, 5.41) is 12.1. The van der Waals surface area contributed by atoms with E-state index in [9.17, 15) is 0 Å². The Morgan fingerprint density at radius 3 is 2.83 bits per heavy atom. The first kappa shape index (κ1) is 13.4. The number of anilines is 1. The summed E-state index contributed by atoms with van der Waals surface area (Å²) in [5.74, 6) is 0. The van der Waals surface area contributed by atoms with Crippen molar-refractivity contribution in [1.82, 2.24) is 0 Å². The third-order valence-corrected chi connectivity index (χ3v) is 3.83. The molecule has 1 fully saturated rings. The predicted octanol–water partition coefficient (Wildman–Crippen LogP) is 3.69. The highest BCUT2D eigenvalue weighted by atomic mass is 79.9. The molecule has 0 spiro atoms. The van der Waals surface area contributed by atoms with E-state index in [2.05, 4.69) is 27.3 Å². The monoisotopic (exact) mass is 308 g/mol. The highest BCUT2D eigenvalue weighted by Crippen LogP contribution is 2.23. The fourth-order valence-electron chi connectivity index (χ4n) is 2.19. The zero-order valence-electron chi connectivity index (χ0n) is 10.3. The molecule has 1 aliphatic rings. The average molecular weight is 309 g/mol. The van der Waals surface area contributed by atoms with Gasteiger partial charge in [0.1, 0.15) is 0 Å². The summed E-state index contributed by atoms with van der Waals surface area (Å²) in [6.45, 7) is 1.53. The summed E-state index contributed by atoms with van der Waals surface area (Å²) in [6, 6.07) is 7.66. The van der Waals surface area contributed by atoms with E-state index in [0.29, 0.717) is 11.7 Å². The summed E-state index contributed by atoms with van der Waals surface area (Å²) in [5.41, 5.74) is 1.67. The van der Waals surface area contributed by atoms with Crippen LogP contribution >= 0.6 is 15.9 Å². The largest absolute Gasteiger partial charge is 0.382 e. The fourth-order valence-corrected chi connectivity index (χ4v) is 2.71. The van der Waals surface area contributed by atoms with Crippen LogP contribution in [0.3, 0.4) is 0 Å². The van der Waals surface area contributed by atoms with Crippen LogP contribution in [-0.2, 0) is 4.74 Å². The number of ether oxygens (including phenoxy) is 1. The van der Waals surface area contributed by atoms with Gasteiger partial charge in [0, 0.05) is 16.7 Å². The molecule has 1 saturated carbocycles. The van der Waals surface area contributed by atoms with Crippen LogP contribution in [0.4, 0.5) is 5.69 Å². The van der Waals surface area contributed by atoms with Gasteiger partial charge in [0.25, 0.3) is 0 Å². The van der Waals surface area contributed by atoms with E-state index in [1.807, 2.05) is 18.2 Å². The SMILES string of the molecule is N#Cc1ccc(NCCOC2CCCC2)c(Br)c1. The number of rotatable bonds is 5.